The second-order valence-electron chi connectivity index (χ2n) is 3.80. The lowest BCUT2D eigenvalue weighted by atomic mass is 10.1. The largest absolute Gasteiger partial charge is 0.314 e. The van der Waals surface area contributed by atoms with Gasteiger partial charge >= 0.3 is 0 Å². The van der Waals surface area contributed by atoms with Crippen molar-refractivity contribution in [2.75, 3.05) is 11.9 Å². The van der Waals surface area contributed by atoms with E-state index in [1.165, 1.54) is 5.56 Å². The molecule has 1 atom stereocenters. The van der Waals surface area contributed by atoms with Gasteiger partial charge in [-0.1, -0.05) is 17.7 Å². The van der Waals surface area contributed by atoms with Crippen molar-refractivity contribution in [3.05, 3.63) is 29.3 Å². The first-order valence-corrected chi connectivity index (χ1v) is 5.36. The number of carbonyl (C=O) groups excluding carboxylic acids is 1. The molecule has 1 aromatic rings. The molecule has 0 bridgehead atoms. The van der Waals surface area contributed by atoms with Gasteiger partial charge in [-0.3, -0.25) is 4.79 Å². The molecular formula is C12H16ClNO. The van der Waals surface area contributed by atoms with Gasteiger partial charge in [0.1, 0.15) is 5.38 Å². The molecule has 0 aliphatic carbocycles. The molecule has 15 heavy (non-hydrogen) atoms. The normalized spacial score (nSPS) is 12.3. The summed E-state index contributed by atoms with van der Waals surface area (Å²) in [6, 6.07) is 5.99. The van der Waals surface area contributed by atoms with Crippen molar-refractivity contribution < 1.29 is 4.79 Å². The zero-order valence-electron chi connectivity index (χ0n) is 9.54. The van der Waals surface area contributed by atoms with E-state index < -0.39 is 5.38 Å². The Morgan fingerprint density at radius 3 is 2.47 bits per heavy atom. The summed E-state index contributed by atoms with van der Waals surface area (Å²) >= 11 is 5.77. The summed E-state index contributed by atoms with van der Waals surface area (Å²) in [6.07, 6.45) is 0. The topological polar surface area (TPSA) is 20.3 Å². The Morgan fingerprint density at radius 2 is 2.00 bits per heavy atom. The molecular weight excluding hydrogens is 210 g/mol. The summed E-state index contributed by atoms with van der Waals surface area (Å²) in [5, 5.41) is -0.490. The first-order valence-electron chi connectivity index (χ1n) is 4.92. The van der Waals surface area contributed by atoms with Crippen molar-refractivity contribution in [2.24, 2.45) is 0 Å². The Labute approximate surface area is 95.8 Å². The van der Waals surface area contributed by atoms with Crippen LogP contribution in [-0.2, 0) is 4.79 Å². The number of anilines is 1. The average molecular weight is 226 g/mol. The highest BCUT2D eigenvalue weighted by Gasteiger charge is 2.17. The number of aryl methyl sites for hydroxylation is 2. The van der Waals surface area contributed by atoms with Gasteiger partial charge in [-0.05, 0) is 32.4 Å². The van der Waals surface area contributed by atoms with Crippen LogP contribution < -0.4 is 4.90 Å². The van der Waals surface area contributed by atoms with E-state index in [-0.39, 0.29) is 5.91 Å². The van der Waals surface area contributed by atoms with Crippen molar-refractivity contribution in [1.82, 2.24) is 0 Å². The fourth-order valence-electron chi connectivity index (χ4n) is 1.57. The Balaban J connectivity index is 3.01. The number of hydrogen-bond donors (Lipinski definition) is 0. The average Bonchev–Trinajstić information content (AvgIpc) is 2.15. The Bertz CT molecular complexity index is 374. The predicted octanol–water partition coefficient (Wildman–Crippen LogP) is 2.89. The lowest BCUT2D eigenvalue weighted by Crippen LogP contribution is -2.32. The molecule has 0 fully saturated rings. The van der Waals surface area contributed by atoms with Crippen LogP contribution in [0.25, 0.3) is 0 Å². The van der Waals surface area contributed by atoms with Crippen molar-refractivity contribution in [1.29, 1.82) is 0 Å². The van der Waals surface area contributed by atoms with E-state index in [9.17, 15) is 4.79 Å². The second kappa shape index (κ2) is 4.67. The number of alkyl halides is 1. The van der Waals surface area contributed by atoms with Gasteiger partial charge in [0.2, 0.25) is 5.91 Å². The molecule has 0 N–H and O–H groups in total. The maximum Gasteiger partial charge on any atom is 0.244 e. The molecule has 0 aliphatic heterocycles. The van der Waals surface area contributed by atoms with Gasteiger partial charge in [-0.2, -0.15) is 0 Å². The maximum absolute atomic E-state index is 11.7. The van der Waals surface area contributed by atoms with E-state index in [1.54, 1.807) is 18.9 Å². The molecule has 0 saturated heterocycles. The van der Waals surface area contributed by atoms with E-state index in [0.29, 0.717) is 0 Å². The zero-order valence-corrected chi connectivity index (χ0v) is 10.3. The van der Waals surface area contributed by atoms with E-state index >= 15 is 0 Å². The molecule has 1 amide bonds. The van der Waals surface area contributed by atoms with Gasteiger partial charge in [-0.15, -0.1) is 11.6 Å². The Hall–Kier alpha value is -1.02. The summed E-state index contributed by atoms with van der Waals surface area (Å²) < 4.78 is 0. The van der Waals surface area contributed by atoms with E-state index in [4.69, 9.17) is 11.6 Å². The molecule has 0 aliphatic rings. The summed E-state index contributed by atoms with van der Waals surface area (Å²) in [5.41, 5.74) is 3.19. The molecule has 0 saturated carbocycles. The number of halogens is 1. The van der Waals surface area contributed by atoms with Gasteiger partial charge in [0.05, 0.1) is 0 Å². The first kappa shape index (κ1) is 12.1. The number of amides is 1. The second-order valence-corrected chi connectivity index (χ2v) is 4.46. The molecule has 1 rings (SSSR count). The van der Waals surface area contributed by atoms with Gasteiger partial charge in [-0.25, -0.2) is 0 Å². The highest BCUT2D eigenvalue weighted by molar-refractivity contribution is 6.32. The standard InChI is InChI=1S/C12H16ClNO/c1-8-5-6-11(9(2)7-8)14(4)12(15)10(3)13/h5-7,10H,1-4H3. The number of carbonyl (C=O) groups is 1. The van der Waals surface area contributed by atoms with E-state index in [1.807, 2.05) is 26.0 Å². The summed E-state index contributed by atoms with van der Waals surface area (Å²) in [7, 11) is 1.75. The fourth-order valence-corrected chi connectivity index (χ4v) is 1.71. The van der Waals surface area contributed by atoms with Crippen molar-refractivity contribution in [3.63, 3.8) is 0 Å². The van der Waals surface area contributed by atoms with Crippen LogP contribution in [0.4, 0.5) is 5.69 Å². The lowest BCUT2D eigenvalue weighted by molar-refractivity contribution is -0.117. The molecule has 1 unspecified atom stereocenters. The van der Waals surface area contributed by atoms with Crippen LogP contribution in [0.2, 0.25) is 0 Å². The van der Waals surface area contributed by atoms with E-state index in [0.717, 1.165) is 11.3 Å². The van der Waals surface area contributed by atoms with Crippen LogP contribution in [0.3, 0.4) is 0 Å². The van der Waals surface area contributed by atoms with Crippen LogP contribution in [0.15, 0.2) is 18.2 Å². The number of rotatable bonds is 2. The van der Waals surface area contributed by atoms with Gasteiger partial charge in [0, 0.05) is 12.7 Å². The zero-order chi connectivity index (χ0) is 11.6. The van der Waals surface area contributed by atoms with Crippen LogP contribution in [0.1, 0.15) is 18.1 Å². The third-order valence-corrected chi connectivity index (χ3v) is 2.57. The Kier molecular flexibility index (Phi) is 3.75. The molecule has 82 valence electrons. The quantitative estimate of drug-likeness (QED) is 0.709. The lowest BCUT2D eigenvalue weighted by Gasteiger charge is -2.21. The van der Waals surface area contributed by atoms with Gasteiger partial charge < -0.3 is 4.90 Å². The Morgan fingerprint density at radius 1 is 1.40 bits per heavy atom. The third kappa shape index (κ3) is 2.72. The molecule has 0 aromatic heterocycles. The SMILES string of the molecule is Cc1ccc(N(C)C(=O)C(C)Cl)c(C)c1. The molecule has 0 radical (unpaired) electrons. The third-order valence-electron chi connectivity index (χ3n) is 2.38. The monoisotopic (exact) mass is 225 g/mol. The van der Waals surface area contributed by atoms with Crippen molar-refractivity contribution in [3.8, 4) is 0 Å². The highest BCUT2D eigenvalue weighted by atomic mass is 35.5. The molecule has 2 nitrogen and oxygen atoms in total. The number of nitrogens with zero attached hydrogens (tertiary/aromatic N) is 1. The predicted molar refractivity (Wildman–Crippen MR) is 64.6 cm³/mol. The summed E-state index contributed by atoms with van der Waals surface area (Å²) in [6.45, 7) is 5.71. The maximum atomic E-state index is 11.7. The minimum atomic E-state index is -0.490. The molecule has 0 spiro atoms. The summed E-state index contributed by atoms with van der Waals surface area (Å²) in [5.74, 6) is -0.0800. The molecule has 3 heteroatoms. The van der Waals surface area contributed by atoms with Crippen molar-refractivity contribution >= 4 is 23.2 Å². The van der Waals surface area contributed by atoms with Gasteiger partial charge in [0.25, 0.3) is 0 Å². The van der Waals surface area contributed by atoms with Gasteiger partial charge in [0.15, 0.2) is 0 Å². The minimum absolute atomic E-state index is 0.0800. The molecule has 1 aromatic carbocycles. The van der Waals surface area contributed by atoms with E-state index in [2.05, 4.69) is 6.07 Å². The smallest absolute Gasteiger partial charge is 0.244 e. The van der Waals surface area contributed by atoms with Crippen LogP contribution in [0, 0.1) is 13.8 Å². The number of benzene rings is 1. The summed E-state index contributed by atoms with van der Waals surface area (Å²) in [4.78, 5) is 13.3. The highest BCUT2D eigenvalue weighted by Crippen LogP contribution is 2.21. The fraction of sp³-hybridized carbons (Fsp3) is 0.417. The van der Waals surface area contributed by atoms with Crippen molar-refractivity contribution in [2.45, 2.75) is 26.1 Å². The van der Waals surface area contributed by atoms with Crippen LogP contribution in [0.5, 0.6) is 0 Å². The molecule has 0 heterocycles. The van der Waals surface area contributed by atoms with Crippen LogP contribution in [-0.4, -0.2) is 18.3 Å². The minimum Gasteiger partial charge on any atom is -0.314 e. The van der Waals surface area contributed by atoms with Crippen LogP contribution >= 0.6 is 11.6 Å². The number of hydrogen-bond acceptors (Lipinski definition) is 1. The first-order chi connectivity index (χ1) is 6.93.